The van der Waals surface area contributed by atoms with Crippen LogP contribution in [-0.2, 0) is 4.74 Å². The minimum absolute atomic E-state index is 0.0395. The third kappa shape index (κ3) is 2.70. The highest BCUT2D eigenvalue weighted by Crippen LogP contribution is 2.29. The molecule has 1 saturated heterocycles. The lowest BCUT2D eigenvalue weighted by atomic mass is 10.0. The third-order valence-electron chi connectivity index (χ3n) is 4.43. The lowest BCUT2D eigenvalue weighted by molar-refractivity contribution is 0.0233. The molecule has 2 aliphatic heterocycles. The molecule has 0 spiro atoms. The van der Waals surface area contributed by atoms with Crippen molar-refractivity contribution in [3.05, 3.63) is 47.8 Å². The van der Waals surface area contributed by atoms with E-state index in [-0.39, 0.29) is 29.6 Å². The maximum atomic E-state index is 12.7. The summed E-state index contributed by atoms with van der Waals surface area (Å²) in [6, 6.07) is 6.13. The van der Waals surface area contributed by atoms with E-state index in [1.165, 1.54) is 17.3 Å². The topological polar surface area (TPSA) is 105 Å². The lowest BCUT2D eigenvalue weighted by Gasteiger charge is -2.36. The summed E-state index contributed by atoms with van der Waals surface area (Å²) in [6.45, 7) is 0.787. The summed E-state index contributed by atoms with van der Waals surface area (Å²) in [5.74, 6) is -0.311. The first-order valence-corrected chi connectivity index (χ1v) is 7.97. The second kappa shape index (κ2) is 6.14. The fourth-order valence-electron chi connectivity index (χ4n) is 3.24. The summed E-state index contributed by atoms with van der Waals surface area (Å²) < 4.78 is 5.50. The van der Waals surface area contributed by atoms with Crippen LogP contribution in [0.1, 0.15) is 27.1 Å². The zero-order valence-electron chi connectivity index (χ0n) is 13.3. The first kappa shape index (κ1) is 15.5. The largest absolute Gasteiger partial charge is 0.505 e. The zero-order valence-corrected chi connectivity index (χ0v) is 13.3. The number of hydrogen-bond acceptors (Lipinski definition) is 7. The van der Waals surface area contributed by atoms with Crippen LogP contribution >= 0.6 is 0 Å². The van der Waals surface area contributed by atoms with E-state index < -0.39 is 0 Å². The van der Waals surface area contributed by atoms with Crippen LogP contribution < -0.4 is 5.32 Å². The average Bonchev–Trinajstić information content (AvgIpc) is 2.89. The van der Waals surface area contributed by atoms with E-state index in [0.717, 1.165) is 0 Å². The van der Waals surface area contributed by atoms with Crippen LogP contribution in [-0.4, -0.2) is 57.1 Å². The summed E-state index contributed by atoms with van der Waals surface area (Å²) >= 11 is 0. The molecule has 0 saturated carbocycles. The molecule has 4 rings (SSSR count). The number of anilines is 1. The lowest BCUT2D eigenvalue weighted by Crippen LogP contribution is -2.54. The Morgan fingerprint density at radius 2 is 1.76 bits per heavy atom. The van der Waals surface area contributed by atoms with E-state index in [9.17, 15) is 14.7 Å². The van der Waals surface area contributed by atoms with Crippen molar-refractivity contribution in [1.82, 2.24) is 14.9 Å². The van der Waals surface area contributed by atoms with Gasteiger partial charge in [0.1, 0.15) is 0 Å². The van der Waals surface area contributed by atoms with Crippen molar-refractivity contribution >= 4 is 17.8 Å². The molecule has 3 heterocycles. The first-order chi connectivity index (χ1) is 12.1. The molecule has 0 aliphatic carbocycles. The Hall–Kier alpha value is -3.00. The summed E-state index contributed by atoms with van der Waals surface area (Å²) in [7, 11) is 0. The molecule has 0 bridgehead atoms. The zero-order chi connectivity index (χ0) is 17.4. The number of aromatic nitrogens is 2. The number of benzene rings is 1. The van der Waals surface area contributed by atoms with Gasteiger partial charge in [-0.1, -0.05) is 12.1 Å². The molecule has 1 unspecified atom stereocenters. The van der Waals surface area contributed by atoms with Crippen LogP contribution in [0.3, 0.4) is 0 Å². The molecular formula is C17H16N4O4. The van der Waals surface area contributed by atoms with Gasteiger partial charge in [-0.05, 0) is 18.6 Å². The molecule has 1 fully saturated rings. The Morgan fingerprint density at radius 3 is 2.40 bits per heavy atom. The number of carbonyl (C=O) groups is 2. The average molecular weight is 340 g/mol. The minimum atomic E-state index is -0.362. The van der Waals surface area contributed by atoms with E-state index in [0.29, 0.717) is 36.7 Å². The van der Waals surface area contributed by atoms with Crippen LogP contribution in [0.4, 0.5) is 5.95 Å². The van der Waals surface area contributed by atoms with Gasteiger partial charge in [0.05, 0.1) is 42.2 Å². The molecule has 25 heavy (non-hydrogen) atoms. The van der Waals surface area contributed by atoms with E-state index in [1.807, 2.05) is 0 Å². The molecule has 2 N–H and O–H groups in total. The Bertz CT molecular complexity index is 789. The van der Waals surface area contributed by atoms with E-state index in [1.54, 1.807) is 24.3 Å². The number of ether oxygens (including phenoxy) is 1. The number of aromatic hydroxyl groups is 1. The molecule has 128 valence electrons. The highest BCUT2D eigenvalue weighted by atomic mass is 16.5. The van der Waals surface area contributed by atoms with E-state index in [4.69, 9.17) is 4.74 Å². The van der Waals surface area contributed by atoms with Gasteiger partial charge in [0, 0.05) is 6.61 Å². The van der Waals surface area contributed by atoms with Crippen molar-refractivity contribution in [2.45, 2.75) is 18.5 Å². The Morgan fingerprint density at radius 1 is 1.12 bits per heavy atom. The Balaban J connectivity index is 1.60. The van der Waals surface area contributed by atoms with Gasteiger partial charge in [-0.3, -0.25) is 14.5 Å². The van der Waals surface area contributed by atoms with Gasteiger partial charge >= 0.3 is 0 Å². The molecule has 2 atom stereocenters. The van der Waals surface area contributed by atoms with Crippen molar-refractivity contribution in [3.8, 4) is 5.75 Å². The van der Waals surface area contributed by atoms with Gasteiger partial charge < -0.3 is 15.2 Å². The molecule has 2 aromatic rings. The first-order valence-electron chi connectivity index (χ1n) is 7.97. The fraction of sp³-hybridized carbons (Fsp3) is 0.294. The monoisotopic (exact) mass is 340 g/mol. The van der Waals surface area contributed by atoms with Crippen LogP contribution in [0.25, 0.3) is 0 Å². The SMILES string of the molecule is O=C1c2ccccc2C(=O)N1[C@H]1CCOCC1Nc1ncc(O)cn1. The van der Waals surface area contributed by atoms with Gasteiger partial charge in [0.15, 0.2) is 5.75 Å². The van der Waals surface area contributed by atoms with Crippen molar-refractivity contribution in [2.24, 2.45) is 0 Å². The molecular weight excluding hydrogens is 324 g/mol. The van der Waals surface area contributed by atoms with Gasteiger partial charge in [0.25, 0.3) is 11.8 Å². The van der Waals surface area contributed by atoms with Gasteiger partial charge in [-0.15, -0.1) is 0 Å². The molecule has 1 aromatic heterocycles. The summed E-state index contributed by atoms with van der Waals surface area (Å²) in [5, 5.41) is 12.4. The third-order valence-corrected chi connectivity index (χ3v) is 4.43. The van der Waals surface area contributed by atoms with E-state index >= 15 is 0 Å². The van der Waals surface area contributed by atoms with Crippen molar-refractivity contribution in [1.29, 1.82) is 0 Å². The number of rotatable bonds is 3. The van der Waals surface area contributed by atoms with Crippen LogP contribution in [0.5, 0.6) is 5.75 Å². The van der Waals surface area contributed by atoms with Crippen molar-refractivity contribution in [3.63, 3.8) is 0 Å². The normalized spacial score (nSPS) is 22.8. The number of amides is 2. The fourth-order valence-corrected chi connectivity index (χ4v) is 3.24. The van der Waals surface area contributed by atoms with Gasteiger partial charge in [-0.25, -0.2) is 9.97 Å². The second-order valence-electron chi connectivity index (χ2n) is 5.97. The molecule has 1 aromatic carbocycles. The molecule has 0 radical (unpaired) electrons. The molecule has 8 heteroatoms. The number of imide groups is 1. The minimum Gasteiger partial charge on any atom is -0.505 e. The van der Waals surface area contributed by atoms with Gasteiger partial charge in [0.2, 0.25) is 5.95 Å². The predicted octanol–water partition coefficient (Wildman–Crippen LogP) is 1.05. The number of hydrogen-bond donors (Lipinski definition) is 2. The highest BCUT2D eigenvalue weighted by Gasteiger charge is 2.43. The number of fused-ring (bicyclic) bond motifs is 1. The second-order valence-corrected chi connectivity index (χ2v) is 5.97. The van der Waals surface area contributed by atoms with Crippen LogP contribution in [0.2, 0.25) is 0 Å². The molecule has 2 aliphatic rings. The standard InChI is InChI=1S/C17H16N4O4/c22-10-7-18-17(19-8-10)20-13-9-25-6-5-14(13)21-15(23)11-3-1-2-4-12(11)16(21)24/h1-4,7-8,13-14,22H,5-6,9H2,(H,18,19,20)/t13?,14-/m0/s1. The molecule has 2 amide bonds. The Kier molecular flexibility index (Phi) is 3.81. The van der Waals surface area contributed by atoms with Gasteiger partial charge in [-0.2, -0.15) is 0 Å². The summed E-state index contributed by atoms with van der Waals surface area (Å²) in [6.07, 6.45) is 3.08. The van der Waals surface area contributed by atoms with E-state index in [2.05, 4.69) is 15.3 Å². The van der Waals surface area contributed by atoms with Crippen LogP contribution in [0, 0.1) is 0 Å². The van der Waals surface area contributed by atoms with Crippen molar-refractivity contribution in [2.75, 3.05) is 18.5 Å². The Labute approximate surface area is 143 Å². The quantitative estimate of drug-likeness (QED) is 0.805. The van der Waals surface area contributed by atoms with Crippen LogP contribution in [0.15, 0.2) is 36.7 Å². The smallest absolute Gasteiger partial charge is 0.261 e. The maximum absolute atomic E-state index is 12.7. The summed E-state index contributed by atoms with van der Waals surface area (Å²) in [4.78, 5) is 34.7. The maximum Gasteiger partial charge on any atom is 0.261 e. The predicted molar refractivity (Wildman–Crippen MR) is 87.3 cm³/mol. The highest BCUT2D eigenvalue weighted by molar-refractivity contribution is 6.21. The number of nitrogens with one attached hydrogen (secondary N) is 1. The summed E-state index contributed by atoms with van der Waals surface area (Å²) in [5.41, 5.74) is 0.859. The molecule has 8 nitrogen and oxygen atoms in total. The van der Waals surface area contributed by atoms with Crippen molar-refractivity contribution < 1.29 is 19.4 Å². The number of carbonyl (C=O) groups excluding carboxylic acids is 2. The number of nitrogens with zero attached hydrogens (tertiary/aromatic N) is 3.